The first-order chi connectivity index (χ1) is 0. The third-order valence-electron chi connectivity index (χ3n) is 0. The van der Waals surface area contributed by atoms with E-state index in [9.17, 15) is 0 Å². The Morgan fingerprint density at radius 2 is 1.00 bits per heavy atom. The molecule has 0 unspecified atom stereocenters. The van der Waals surface area contributed by atoms with Gasteiger partial charge in [-0.3, -0.25) is 0 Å². The first kappa shape index (κ1) is 44.2. The Kier molecular flexibility index (Phi) is 249. The second-order valence-corrected chi connectivity index (χ2v) is 0. The van der Waals surface area contributed by atoms with Crippen molar-refractivity contribution < 1.29 is 43.0 Å². The Hall–Kier alpha value is 1.67. The molecule has 18 valence electrons. The Labute approximate surface area is 60.2 Å². The fourth-order valence-corrected chi connectivity index (χ4v) is 0. The maximum absolute atomic E-state index is 0. The van der Waals surface area contributed by atoms with Crippen LogP contribution in [0, 0.1) is 0 Å². The second-order valence-electron chi connectivity index (χ2n) is 0. The van der Waals surface area contributed by atoms with Crippen LogP contribution in [0.2, 0.25) is 0 Å². The predicted octanol–water partition coefficient (Wildman–Crippen LogP) is -0.505. The molecule has 0 saturated heterocycles. The van der Waals surface area contributed by atoms with Crippen molar-refractivity contribution in [2.75, 3.05) is 0 Å². The first-order valence-electron chi connectivity index (χ1n) is 0. The molecule has 0 aromatic rings. The van der Waals surface area contributed by atoms with Gasteiger partial charge in [-0.25, -0.2) is 0 Å². The Balaban J connectivity index is 0. The standard InChI is InChI=1S/Al.Mo.Ni.O/q+3;+4;+2;-2. The molecule has 1 nitrogen and oxygen atoms in total. The fourth-order valence-electron chi connectivity index (χ4n) is 0. The van der Waals surface area contributed by atoms with Gasteiger partial charge < -0.3 is 5.48 Å². The zero-order valence-electron chi connectivity index (χ0n) is 1.71. The smallest absolute Gasteiger partial charge is 2.00 e. The fraction of sp³-hybridized carbons (Fsp3) is 0. The van der Waals surface area contributed by atoms with Gasteiger partial charge in [0.1, 0.15) is 0 Å². The predicted molar refractivity (Wildman–Crippen MR) is 6.44 cm³/mol. The van der Waals surface area contributed by atoms with Gasteiger partial charge >= 0.3 is 54.9 Å². The quantitative estimate of drug-likeness (QED) is 0.469. The van der Waals surface area contributed by atoms with Crippen LogP contribution >= 0.6 is 0 Å². The second kappa shape index (κ2) is 22.5. The van der Waals surface area contributed by atoms with Crippen LogP contribution in [0.3, 0.4) is 0 Å². The molecule has 4 heavy (non-hydrogen) atoms. The van der Waals surface area contributed by atoms with Crippen molar-refractivity contribution in [2.45, 2.75) is 0 Å². The topological polar surface area (TPSA) is 28.5 Å². The van der Waals surface area contributed by atoms with Gasteiger partial charge in [0, 0.05) is 0 Å². The summed E-state index contributed by atoms with van der Waals surface area (Å²) in [4.78, 5) is 0. The van der Waals surface area contributed by atoms with Gasteiger partial charge in [0.05, 0.1) is 0 Å². The molecule has 0 aromatic carbocycles. The molecule has 0 aliphatic rings. The third-order valence-corrected chi connectivity index (χ3v) is 0. The molecule has 0 spiro atoms. The van der Waals surface area contributed by atoms with Crippen LogP contribution in [-0.2, 0) is 43.0 Å². The summed E-state index contributed by atoms with van der Waals surface area (Å²) in [6.07, 6.45) is 0. The van der Waals surface area contributed by atoms with E-state index in [0.717, 1.165) is 0 Å². The normalized spacial score (nSPS) is 0. The van der Waals surface area contributed by atoms with E-state index >= 15 is 0 Å². The van der Waals surface area contributed by atoms with Gasteiger partial charge in [0.25, 0.3) is 0 Å². The molecular formula is AlMoNiO+7. The van der Waals surface area contributed by atoms with E-state index < -0.39 is 0 Å². The van der Waals surface area contributed by atoms with E-state index in [1.807, 2.05) is 0 Å². The van der Waals surface area contributed by atoms with Crippen LogP contribution in [0.15, 0.2) is 0 Å². The zero-order chi connectivity index (χ0) is 0. The summed E-state index contributed by atoms with van der Waals surface area (Å²) < 4.78 is 0. The summed E-state index contributed by atoms with van der Waals surface area (Å²) in [5.74, 6) is 0. The molecule has 0 atom stereocenters. The first-order valence-corrected chi connectivity index (χ1v) is 0. The van der Waals surface area contributed by atoms with E-state index in [-0.39, 0.29) is 60.4 Å². The third kappa shape index (κ3) is 9.37. The van der Waals surface area contributed by atoms with Gasteiger partial charge in [-0.2, -0.15) is 0 Å². The van der Waals surface area contributed by atoms with Gasteiger partial charge in [-0.15, -0.1) is 0 Å². The van der Waals surface area contributed by atoms with Crippen molar-refractivity contribution in [2.24, 2.45) is 0 Å². The molecule has 0 aliphatic heterocycles. The summed E-state index contributed by atoms with van der Waals surface area (Å²) >= 11 is 0. The molecule has 0 aromatic heterocycles. The molecule has 0 N–H and O–H groups in total. The van der Waals surface area contributed by atoms with Crippen LogP contribution in [0.4, 0.5) is 0 Å². The van der Waals surface area contributed by atoms with Gasteiger partial charge in [-0.05, 0) is 0 Å². The van der Waals surface area contributed by atoms with Crippen LogP contribution < -0.4 is 0 Å². The van der Waals surface area contributed by atoms with E-state index in [4.69, 9.17) is 0 Å². The van der Waals surface area contributed by atoms with Gasteiger partial charge in [-0.1, -0.05) is 0 Å². The van der Waals surface area contributed by atoms with Crippen LogP contribution in [0.1, 0.15) is 0 Å². The maximum Gasteiger partial charge on any atom is 4.00 e. The summed E-state index contributed by atoms with van der Waals surface area (Å²) in [7, 11) is 0. The average Bonchev–Trinajstić information content (AvgIpc) is 0. The number of hydrogen-bond donors (Lipinski definition) is 0. The van der Waals surface area contributed by atoms with Crippen LogP contribution in [0.5, 0.6) is 0 Å². The largest absolute Gasteiger partial charge is 4.00 e. The summed E-state index contributed by atoms with van der Waals surface area (Å²) in [6, 6.07) is 0. The molecule has 0 rings (SSSR count). The van der Waals surface area contributed by atoms with E-state index in [1.54, 1.807) is 0 Å². The van der Waals surface area contributed by atoms with E-state index in [0.29, 0.717) is 0 Å². The van der Waals surface area contributed by atoms with Crippen molar-refractivity contribution in [1.29, 1.82) is 0 Å². The molecule has 0 fully saturated rings. The minimum Gasteiger partial charge on any atom is -2.00 e. The SMILES string of the molecule is [Al+3].[Mo+4].[Ni+2].[O-2]. The molecule has 0 amide bonds. The van der Waals surface area contributed by atoms with Gasteiger partial charge in [0.15, 0.2) is 0 Å². The Morgan fingerprint density at radius 1 is 1.00 bits per heavy atom. The summed E-state index contributed by atoms with van der Waals surface area (Å²) in [5, 5.41) is 0. The monoisotopic (exact) mass is 199 g/mol. The summed E-state index contributed by atoms with van der Waals surface area (Å²) in [5.41, 5.74) is 0. The van der Waals surface area contributed by atoms with E-state index in [2.05, 4.69) is 0 Å². The van der Waals surface area contributed by atoms with Crippen molar-refractivity contribution in [3.05, 3.63) is 0 Å². The minimum absolute atomic E-state index is 0. The van der Waals surface area contributed by atoms with Crippen molar-refractivity contribution in [3.63, 3.8) is 0 Å². The molecule has 4 heteroatoms. The number of hydrogen-bond acceptors (Lipinski definition) is 0. The van der Waals surface area contributed by atoms with Gasteiger partial charge in [0.2, 0.25) is 0 Å². The molecule has 0 bridgehead atoms. The maximum atomic E-state index is 0. The molecular weight excluding hydrogens is 198 g/mol. The molecule has 0 heterocycles. The summed E-state index contributed by atoms with van der Waals surface area (Å²) in [6.45, 7) is 0. The van der Waals surface area contributed by atoms with Crippen molar-refractivity contribution in [3.8, 4) is 0 Å². The van der Waals surface area contributed by atoms with Crippen molar-refractivity contribution in [1.82, 2.24) is 0 Å². The van der Waals surface area contributed by atoms with Crippen LogP contribution in [-0.4, -0.2) is 17.4 Å². The Morgan fingerprint density at radius 3 is 1.00 bits per heavy atom. The minimum atomic E-state index is 0. The molecule has 0 radical (unpaired) electrons. The van der Waals surface area contributed by atoms with Crippen LogP contribution in [0.25, 0.3) is 0 Å². The molecule has 0 saturated carbocycles. The zero-order valence-corrected chi connectivity index (χ0v) is 5.86. The van der Waals surface area contributed by atoms with E-state index in [1.165, 1.54) is 0 Å². The Bertz CT molecular complexity index is 8.00. The van der Waals surface area contributed by atoms with Crippen molar-refractivity contribution >= 4 is 17.4 Å². The molecule has 0 aliphatic carbocycles. The average molecular weight is 198 g/mol. The number of rotatable bonds is 0.